The smallest absolute Gasteiger partial charge is 0.306 e. The van der Waals surface area contributed by atoms with E-state index >= 15 is 0 Å². The highest BCUT2D eigenvalue weighted by atomic mass is 16.4. The second-order valence-corrected chi connectivity index (χ2v) is 6.18. The van der Waals surface area contributed by atoms with E-state index in [4.69, 9.17) is 5.11 Å². The molecule has 4 nitrogen and oxygen atoms in total. The van der Waals surface area contributed by atoms with E-state index in [1.807, 2.05) is 17.0 Å². The van der Waals surface area contributed by atoms with Crippen LogP contribution < -0.4 is 0 Å². The summed E-state index contributed by atoms with van der Waals surface area (Å²) < 4.78 is 0. The van der Waals surface area contributed by atoms with E-state index in [0.717, 1.165) is 19.4 Å². The molecule has 1 saturated carbocycles. The van der Waals surface area contributed by atoms with Gasteiger partial charge >= 0.3 is 5.97 Å². The summed E-state index contributed by atoms with van der Waals surface area (Å²) in [6.07, 6.45) is 3.86. The fourth-order valence-electron chi connectivity index (χ4n) is 3.58. The molecule has 0 radical (unpaired) electrons. The van der Waals surface area contributed by atoms with Crippen LogP contribution in [0.4, 0.5) is 0 Å². The molecule has 1 aromatic rings. The molecule has 1 heterocycles. The summed E-state index contributed by atoms with van der Waals surface area (Å²) in [5.74, 6) is -1.04. The summed E-state index contributed by atoms with van der Waals surface area (Å²) in [6.45, 7) is 1.45. The quantitative estimate of drug-likeness (QED) is 0.909. The molecule has 1 aliphatic carbocycles. The number of rotatable bonds is 2. The molecule has 1 fully saturated rings. The fourth-order valence-corrected chi connectivity index (χ4v) is 3.58. The van der Waals surface area contributed by atoms with Gasteiger partial charge in [0, 0.05) is 19.0 Å². The van der Waals surface area contributed by atoms with Gasteiger partial charge in [0.15, 0.2) is 0 Å². The van der Waals surface area contributed by atoms with Crippen molar-refractivity contribution in [2.45, 2.75) is 38.6 Å². The molecule has 4 heteroatoms. The molecule has 2 aliphatic rings. The van der Waals surface area contributed by atoms with Crippen molar-refractivity contribution in [1.29, 1.82) is 0 Å². The maximum atomic E-state index is 12.7. The molecule has 21 heavy (non-hydrogen) atoms. The summed E-state index contributed by atoms with van der Waals surface area (Å²) in [7, 11) is 0. The minimum absolute atomic E-state index is 0.101. The van der Waals surface area contributed by atoms with Gasteiger partial charge in [0.2, 0.25) is 5.91 Å². The SMILES string of the molecule is O=C(O)[C@H]1CC[C@@H](C(=O)N2CCCc3ccccc3C2)C1. The highest BCUT2D eigenvalue weighted by Gasteiger charge is 2.36. The normalized spacial score (nSPS) is 25.2. The van der Waals surface area contributed by atoms with Crippen LogP contribution in [0.1, 0.15) is 36.8 Å². The second-order valence-electron chi connectivity index (χ2n) is 6.18. The van der Waals surface area contributed by atoms with E-state index in [2.05, 4.69) is 12.1 Å². The number of carboxylic acids is 1. The number of nitrogens with zero attached hydrogens (tertiary/aromatic N) is 1. The number of benzene rings is 1. The zero-order valence-corrected chi connectivity index (χ0v) is 12.1. The number of carbonyl (C=O) groups excluding carboxylic acids is 1. The van der Waals surface area contributed by atoms with E-state index in [-0.39, 0.29) is 17.7 Å². The van der Waals surface area contributed by atoms with Crippen molar-refractivity contribution in [2.75, 3.05) is 6.54 Å². The number of aryl methyl sites for hydroxylation is 1. The third-order valence-electron chi connectivity index (χ3n) is 4.80. The third-order valence-corrected chi connectivity index (χ3v) is 4.80. The second kappa shape index (κ2) is 5.88. The van der Waals surface area contributed by atoms with Gasteiger partial charge in [-0.1, -0.05) is 24.3 Å². The van der Waals surface area contributed by atoms with Gasteiger partial charge in [0.1, 0.15) is 0 Å². The highest BCUT2D eigenvalue weighted by molar-refractivity contribution is 5.81. The lowest BCUT2D eigenvalue weighted by Gasteiger charge is -2.24. The maximum absolute atomic E-state index is 12.7. The predicted octanol–water partition coefficient (Wildman–Crippen LogP) is 2.46. The maximum Gasteiger partial charge on any atom is 0.306 e. The predicted molar refractivity (Wildman–Crippen MR) is 78.6 cm³/mol. The Morgan fingerprint density at radius 2 is 1.81 bits per heavy atom. The molecule has 112 valence electrons. The molecule has 1 amide bonds. The minimum atomic E-state index is -0.758. The number of carboxylic acid groups (broad SMARTS) is 1. The van der Waals surface area contributed by atoms with Gasteiger partial charge in [-0.3, -0.25) is 9.59 Å². The van der Waals surface area contributed by atoms with E-state index in [1.165, 1.54) is 11.1 Å². The number of hydrogen-bond acceptors (Lipinski definition) is 2. The number of carbonyl (C=O) groups is 2. The lowest BCUT2D eigenvalue weighted by Crippen LogP contribution is -2.35. The minimum Gasteiger partial charge on any atom is -0.481 e. The Kier molecular flexibility index (Phi) is 3.95. The molecule has 0 aromatic heterocycles. The Hall–Kier alpha value is -1.84. The molecule has 1 aliphatic heterocycles. The van der Waals surface area contributed by atoms with Crippen molar-refractivity contribution in [1.82, 2.24) is 4.90 Å². The largest absolute Gasteiger partial charge is 0.481 e. The van der Waals surface area contributed by atoms with E-state index in [1.54, 1.807) is 0 Å². The average Bonchev–Trinajstić information content (AvgIpc) is 2.87. The lowest BCUT2D eigenvalue weighted by atomic mass is 10.0. The van der Waals surface area contributed by atoms with Crippen LogP contribution in [0.3, 0.4) is 0 Å². The van der Waals surface area contributed by atoms with Gasteiger partial charge in [0.05, 0.1) is 5.92 Å². The Balaban J connectivity index is 1.70. The van der Waals surface area contributed by atoms with Crippen LogP contribution in [0.25, 0.3) is 0 Å². The number of fused-ring (bicyclic) bond motifs is 1. The fraction of sp³-hybridized carbons (Fsp3) is 0.529. The molecule has 0 saturated heterocycles. The van der Waals surface area contributed by atoms with E-state index in [9.17, 15) is 9.59 Å². The molecule has 3 rings (SSSR count). The van der Waals surface area contributed by atoms with Crippen LogP contribution in [0.2, 0.25) is 0 Å². The Morgan fingerprint density at radius 1 is 1.10 bits per heavy atom. The summed E-state index contributed by atoms with van der Waals surface area (Å²) >= 11 is 0. The molecule has 0 spiro atoms. The van der Waals surface area contributed by atoms with Crippen molar-refractivity contribution in [2.24, 2.45) is 11.8 Å². The van der Waals surface area contributed by atoms with Gasteiger partial charge in [-0.25, -0.2) is 0 Å². The highest BCUT2D eigenvalue weighted by Crippen LogP contribution is 2.33. The molecule has 1 aromatic carbocycles. The first-order valence-corrected chi connectivity index (χ1v) is 7.73. The Labute approximate surface area is 124 Å². The van der Waals surface area contributed by atoms with E-state index in [0.29, 0.717) is 25.8 Å². The first-order valence-electron chi connectivity index (χ1n) is 7.73. The van der Waals surface area contributed by atoms with Crippen LogP contribution in [-0.4, -0.2) is 28.4 Å². The first-order chi connectivity index (χ1) is 10.1. The van der Waals surface area contributed by atoms with Crippen LogP contribution in [-0.2, 0) is 22.6 Å². The van der Waals surface area contributed by atoms with Gasteiger partial charge in [-0.2, -0.15) is 0 Å². The van der Waals surface area contributed by atoms with Crippen LogP contribution in [0, 0.1) is 11.8 Å². The molecule has 0 unspecified atom stereocenters. The lowest BCUT2D eigenvalue weighted by molar-refractivity contribution is -0.141. The molecular weight excluding hydrogens is 266 g/mol. The first kappa shape index (κ1) is 14.1. The monoisotopic (exact) mass is 287 g/mol. The molecule has 2 atom stereocenters. The molecular formula is C17H21NO3. The molecule has 1 N–H and O–H groups in total. The zero-order chi connectivity index (χ0) is 14.8. The van der Waals surface area contributed by atoms with Crippen molar-refractivity contribution in [3.05, 3.63) is 35.4 Å². The van der Waals surface area contributed by atoms with Crippen LogP contribution in [0.5, 0.6) is 0 Å². The van der Waals surface area contributed by atoms with Crippen LogP contribution in [0.15, 0.2) is 24.3 Å². The van der Waals surface area contributed by atoms with Crippen molar-refractivity contribution < 1.29 is 14.7 Å². The van der Waals surface area contributed by atoms with Gasteiger partial charge in [0.25, 0.3) is 0 Å². The standard InChI is InChI=1S/C17H21NO3/c19-16(13-7-8-14(10-13)17(20)21)18-9-3-6-12-4-1-2-5-15(12)11-18/h1-2,4-5,13-14H,3,6-11H2,(H,20,21)/t13-,14+/m1/s1. The topological polar surface area (TPSA) is 57.6 Å². The van der Waals surface area contributed by atoms with E-state index < -0.39 is 5.97 Å². The Bertz CT molecular complexity index is 555. The molecule has 0 bridgehead atoms. The number of hydrogen-bond donors (Lipinski definition) is 1. The number of aliphatic carboxylic acids is 1. The third kappa shape index (κ3) is 2.94. The van der Waals surface area contributed by atoms with Gasteiger partial charge in [-0.15, -0.1) is 0 Å². The Morgan fingerprint density at radius 3 is 2.52 bits per heavy atom. The number of amides is 1. The summed E-state index contributed by atoms with van der Waals surface area (Å²) in [5, 5.41) is 9.07. The van der Waals surface area contributed by atoms with Crippen LogP contribution >= 0.6 is 0 Å². The van der Waals surface area contributed by atoms with Crippen molar-refractivity contribution in [3.8, 4) is 0 Å². The van der Waals surface area contributed by atoms with Crippen molar-refractivity contribution in [3.63, 3.8) is 0 Å². The van der Waals surface area contributed by atoms with Gasteiger partial charge in [-0.05, 0) is 43.2 Å². The van der Waals surface area contributed by atoms with Crippen molar-refractivity contribution >= 4 is 11.9 Å². The van der Waals surface area contributed by atoms with Gasteiger partial charge < -0.3 is 10.0 Å². The summed E-state index contributed by atoms with van der Waals surface area (Å²) in [4.78, 5) is 25.6. The zero-order valence-electron chi connectivity index (χ0n) is 12.1. The summed E-state index contributed by atoms with van der Waals surface area (Å²) in [5.41, 5.74) is 2.57. The summed E-state index contributed by atoms with van der Waals surface area (Å²) in [6, 6.07) is 8.29. The average molecular weight is 287 g/mol.